The van der Waals surface area contributed by atoms with Crippen LogP contribution < -0.4 is 10.6 Å². The van der Waals surface area contributed by atoms with Crippen LogP contribution in [0.2, 0.25) is 0 Å². The molecule has 8 heteroatoms. The molecule has 150 valence electrons. The van der Waals surface area contributed by atoms with Crippen LogP contribution in [0.3, 0.4) is 0 Å². The molecule has 3 amide bonds. The van der Waals surface area contributed by atoms with Gasteiger partial charge in [-0.25, -0.2) is 14.3 Å². The molecule has 2 aromatic rings. The summed E-state index contributed by atoms with van der Waals surface area (Å²) < 4.78 is 6.83. The zero-order valence-corrected chi connectivity index (χ0v) is 16.1. The fraction of sp³-hybridized carbons (Fsp3) is 0.450. The van der Waals surface area contributed by atoms with Crippen LogP contribution in [0.15, 0.2) is 42.7 Å². The third kappa shape index (κ3) is 5.48. The summed E-state index contributed by atoms with van der Waals surface area (Å²) in [4.78, 5) is 25.5. The van der Waals surface area contributed by atoms with Gasteiger partial charge in [0.1, 0.15) is 0 Å². The summed E-state index contributed by atoms with van der Waals surface area (Å²) in [6.45, 7) is 3.91. The monoisotopic (exact) mass is 385 g/mol. The summed E-state index contributed by atoms with van der Waals surface area (Å²) in [5.41, 5.74) is 2.07. The highest BCUT2D eigenvalue weighted by Crippen LogP contribution is 2.11. The minimum Gasteiger partial charge on any atom is -0.450 e. The molecule has 1 saturated heterocycles. The van der Waals surface area contributed by atoms with Crippen LogP contribution in [0.5, 0.6) is 0 Å². The first-order valence-electron chi connectivity index (χ1n) is 9.70. The molecule has 8 nitrogen and oxygen atoms in total. The van der Waals surface area contributed by atoms with Crippen molar-refractivity contribution in [2.45, 2.75) is 32.2 Å². The molecule has 1 fully saturated rings. The van der Waals surface area contributed by atoms with Crippen molar-refractivity contribution in [3.8, 4) is 5.69 Å². The van der Waals surface area contributed by atoms with Gasteiger partial charge in [-0.3, -0.25) is 0 Å². The summed E-state index contributed by atoms with van der Waals surface area (Å²) in [6.07, 6.45) is 5.69. The van der Waals surface area contributed by atoms with E-state index in [9.17, 15) is 9.59 Å². The van der Waals surface area contributed by atoms with Crippen LogP contribution in [-0.2, 0) is 11.2 Å². The standard InChI is InChI=1S/C20H27N5O3/c1-2-28-20(27)24-12-9-17(10-13-24)23-19(26)21-11-8-16-14-22-25(15-16)18-6-4-3-5-7-18/h3-7,14-15,17H,2,8-13H2,1H3,(H2,21,23,26). The highest BCUT2D eigenvalue weighted by atomic mass is 16.6. The molecule has 0 unspecified atom stereocenters. The van der Waals surface area contributed by atoms with Crippen molar-refractivity contribution in [1.82, 2.24) is 25.3 Å². The average Bonchev–Trinajstić information content (AvgIpc) is 3.18. The second-order valence-corrected chi connectivity index (χ2v) is 6.74. The first-order chi connectivity index (χ1) is 13.7. The topological polar surface area (TPSA) is 88.5 Å². The van der Waals surface area contributed by atoms with Crippen molar-refractivity contribution in [2.75, 3.05) is 26.2 Å². The summed E-state index contributed by atoms with van der Waals surface area (Å²) in [5.74, 6) is 0. The molecule has 1 aliphatic heterocycles. The van der Waals surface area contributed by atoms with Crippen LogP contribution in [0, 0.1) is 0 Å². The maximum absolute atomic E-state index is 12.1. The van der Waals surface area contributed by atoms with Crippen molar-refractivity contribution in [1.29, 1.82) is 0 Å². The van der Waals surface area contributed by atoms with Gasteiger partial charge in [-0.2, -0.15) is 5.10 Å². The van der Waals surface area contributed by atoms with Gasteiger partial charge in [-0.05, 0) is 43.9 Å². The second-order valence-electron chi connectivity index (χ2n) is 6.74. The fourth-order valence-electron chi connectivity index (χ4n) is 3.19. The Morgan fingerprint density at radius 3 is 2.68 bits per heavy atom. The van der Waals surface area contributed by atoms with E-state index in [0.717, 1.165) is 24.1 Å². The first-order valence-corrected chi connectivity index (χ1v) is 9.70. The van der Waals surface area contributed by atoms with E-state index in [2.05, 4.69) is 15.7 Å². The zero-order chi connectivity index (χ0) is 19.8. The van der Waals surface area contributed by atoms with Crippen molar-refractivity contribution in [2.24, 2.45) is 0 Å². The van der Waals surface area contributed by atoms with Crippen LogP contribution in [0.1, 0.15) is 25.3 Å². The van der Waals surface area contributed by atoms with Gasteiger partial charge in [0.15, 0.2) is 0 Å². The van der Waals surface area contributed by atoms with E-state index in [1.54, 1.807) is 11.8 Å². The second kappa shape index (κ2) is 9.77. The minimum atomic E-state index is -0.276. The van der Waals surface area contributed by atoms with E-state index in [0.29, 0.717) is 32.7 Å². The molecule has 1 aromatic carbocycles. The van der Waals surface area contributed by atoms with Crippen LogP contribution in [0.4, 0.5) is 9.59 Å². The van der Waals surface area contributed by atoms with E-state index in [4.69, 9.17) is 4.74 Å². The molecule has 2 N–H and O–H groups in total. The average molecular weight is 385 g/mol. The highest BCUT2D eigenvalue weighted by molar-refractivity contribution is 5.74. The summed E-state index contributed by atoms with van der Waals surface area (Å²) >= 11 is 0. The maximum Gasteiger partial charge on any atom is 0.409 e. The van der Waals surface area contributed by atoms with Gasteiger partial charge < -0.3 is 20.3 Å². The molecule has 0 bridgehead atoms. The Balaban J connectivity index is 1.35. The van der Waals surface area contributed by atoms with Crippen molar-refractivity contribution < 1.29 is 14.3 Å². The SMILES string of the molecule is CCOC(=O)N1CCC(NC(=O)NCCc2cnn(-c3ccccc3)c2)CC1. The number of amides is 3. The number of nitrogens with one attached hydrogen (secondary N) is 2. The van der Waals surface area contributed by atoms with E-state index >= 15 is 0 Å². The lowest BCUT2D eigenvalue weighted by Gasteiger charge is -2.31. The number of hydrogen-bond donors (Lipinski definition) is 2. The molecule has 28 heavy (non-hydrogen) atoms. The van der Waals surface area contributed by atoms with E-state index in [-0.39, 0.29) is 18.2 Å². The molecule has 1 aromatic heterocycles. The van der Waals surface area contributed by atoms with Crippen molar-refractivity contribution in [3.05, 3.63) is 48.3 Å². The van der Waals surface area contributed by atoms with Gasteiger partial charge in [0.25, 0.3) is 0 Å². The third-order valence-electron chi connectivity index (χ3n) is 4.71. The predicted octanol–water partition coefficient (Wildman–Crippen LogP) is 2.33. The predicted molar refractivity (Wildman–Crippen MR) is 105 cm³/mol. The number of rotatable bonds is 6. The molecule has 1 aliphatic rings. The molecule has 0 saturated carbocycles. The smallest absolute Gasteiger partial charge is 0.409 e. The van der Waals surface area contributed by atoms with Crippen molar-refractivity contribution in [3.63, 3.8) is 0 Å². The Hall–Kier alpha value is -3.03. The van der Waals surface area contributed by atoms with Gasteiger partial charge in [0.05, 0.1) is 18.5 Å². The Bertz CT molecular complexity index is 769. The molecule has 0 radical (unpaired) electrons. The molecule has 0 atom stereocenters. The van der Waals surface area contributed by atoms with E-state index < -0.39 is 0 Å². The quantitative estimate of drug-likeness (QED) is 0.799. The molecule has 0 spiro atoms. The lowest BCUT2D eigenvalue weighted by Crippen LogP contribution is -2.49. The van der Waals surface area contributed by atoms with E-state index in [1.165, 1.54) is 0 Å². The summed E-state index contributed by atoms with van der Waals surface area (Å²) in [7, 11) is 0. The highest BCUT2D eigenvalue weighted by Gasteiger charge is 2.24. The summed E-state index contributed by atoms with van der Waals surface area (Å²) in [5, 5.41) is 10.2. The number of likely N-dealkylation sites (tertiary alicyclic amines) is 1. The molecular weight excluding hydrogens is 358 g/mol. The van der Waals surface area contributed by atoms with Gasteiger partial charge >= 0.3 is 12.1 Å². The number of hydrogen-bond acceptors (Lipinski definition) is 4. The van der Waals surface area contributed by atoms with Crippen LogP contribution in [-0.4, -0.2) is 59.1 Å². The lowest BCUT2D eigenvalue weighted by atomic mass is 10.1. The number of piperidine rings is 1. The van der Waals surface area contributed by atoms with Crippen LogP contribution >= 0.6 is 0 Å². The normalized spacial score (nSPS) is 14.5. The van der Waals surface area contributed by atoms with Gasteiger partial charge in [0.2, 0.25) is 0 Å². The van der Waals surface area contributed by atoms with E-state index in [1.807, 2.05) is 47.4 Å². The first kappa shape index (κ1) is 19.7. The maximum atomic E-state index is 12.1. The molecule has 2 heterocycles. The number of ether oxygens (including phenoxy) is 1. The Morgan fingerprint density at radius 2 is 1.96 bits per heavy atom. The third-order valence-corrected chi connectivity index (χ3v) is 4.71. The Labute approximate surface area is 164 Å². The Morgan fingerprint density at radius 1 is 1.21 bits per heavy atom. The minimum absolute atomic E-state index is 0.0755. The molecular formula is C20H27N5O3. The van der Waals surface area contributed by atoms with Crippen molar-refractivity contribution >= 4 is 12.1 Å². The number of urea groups is 1. The summed E-state index contributed by atoms with van der Waals surface area (Å²) in [6, 6.07) is 9.80. The molecule has 0 aliphatic carbocycles. The zero-order valence-electron chi connectivity index (χ0n) is 16.1. The number of nitrogens with zero attached hydrogens (tertiary/aromatic N) is 3. The number of aromatic nitrogens is 2. The van der Waals surface area contributed by atoms with Gasteiger partial charge in [-0.15, -0.1) is 0 Å². The Kier molecular flexibility index (Phi) is 6.89. The number of benzene rings is 1. The largest absolute Gasteiger partial charge is 0.450 e. The number of carbonyl (C=O) groups excluding carboxylic acids is 2. The fourth-order valence-corrected chi connectivity index (χ4v) is 3.19. The number of carbonyl (C=O) groups is 2. The van der Waals surface area contributed by atoms with Gasteiger partial charge in [0, 0.05) is 31.9 Å². The molecule has 3 rings (SSSR count). The van der Waals surface area contributed by atoms with Gasteiger partial charge in [-0.1, -0.05) is 18.2 Å². The van der Waals surface area contributed by atoms with Crippen LogP contribution in [0.25, 0.3) is 5.69 Å². The number of para-hydroxylation sites is 1. The lowest BCUT2D eigenvalue weighted by molar-refractivity contribution is 0.0957.